The number of ether oxygens (including phenoxy) is 2. The minimum Gasteiger partial charge on any atom is -0.493 e. The van der Waals surface area contributed by atoms with Crippen LogP contribution in [0.3, 0.4) is 0 Å². The van der Waals surface area contributed by atoms with Crippen LogP contribution in [-0.2, 0) is 6.42 Å². The molecule has 0 radical (unpaired) electrons. The van der Waals surface area contributed by atoms with Crippen LogP contribution in [0.25, 0.3) is 12.2 Å². The van der Waals surface area contributed by atoms with Crippen molar-refractivity contribution in [3.8, 4) is 11.5 Å². The van der Waals surface area contributed by atoms with Gasteiger partial charge in [0.05, 0.1) is 19.3 Å². The van der Waals surface area contributed by atoms with E-state index < -0.39 is 6.10 Å². The van der Waals surface area contributed by atoms with E-state index in [2.05, 4.69) is 35.3 Å². The molecule has 4 heteroatoms. The molecule has 1 N–H and O–H groups in total. The lowest BCUT2D eigenvalue weighted by Gasteiger charge is -2.18. The van der Waals surface area contributed by atoms with Crippen LogP contribution in [0.1, 0.15) is 54.0 Å². The van der Waals surface area contributed by atoms with E-state index in [-0.39, 0.29) is 6.10 Å². The van der Waals surface area contributed by atoms with Crippen LogP contribution < -0.4 is 9.47 Å². The van der Waals surface area contributed by atoms with Gasteiger partial charge in [-0.05, 0) is 66.1 Å². The summed E-state index contributed by atoms with van der Waals surface area (Å²) in [6, 6.07) is 17.9. The van der Waals surface area contributed by atoms with Crippen molar-refractivity contribution in [2.45, 2.75) is 44.3 Å². The zero-order valence-corrected chi connectivity index (χ0v) is 17.9. The maximum atomic E-state index is 10.8. The summed E-state index contributed by atoms with van der Waals surface area (Å²) in [6.07, 6.45) is 12.5. The number of rotatable bonds is 8. The van der Waals surface area contributed by atoms with Gasteiger partial charge in [-0.1, -0.05) is 48.6 Å². The standard InChI is InChI=1S/C27H29NO3/c1-30-26-15-14-23(18-27(26)31-24-6-2-3-7-24)25(29)17-21-11-8-20(9-12-21)10-13-22-5-4-16-28-19-22/h4-5,8-16,18-19,24-25,29H,2-3,6-7,17H2,1H3. The second-order valence-electron chi connectivity index (χ2n) is 8.02. The first kappa shape index (κ1) is 21.1. The molecule has 1 aliphatic carbocycles. The lowest BCUT2D eigenvalue weighted by molar-refractivity contribution is 0.174. The molecule has 1 heterocycles. The molecule has 0 aliphatic heterocycles. The summed E-state index contributed by atoms with van der Waals surface area (Å²) in [5, 5.41) is 10.8. The number of aliphatic hydroxyl groups is 1. The maximum Gasteiger partial charge on any atom is 0.161 e. The third-order valence-corrected chi connectivity index (χ3v) is 5.73. The van der Waals surface area contributed by atoms with Crippen molar-refractivity contribution < 1.29 is 14.6 Å². The van der Waals surface area contributed by atoms with Gasteiger partial charge in [-0.15, -0.1) is 0 Å². The highest BCUT2D eigenvalue weighted by molar-refractivity contribution is 5.69. The molecule has 4 nitrogen and oxygen atoms in total. The van der Waals surface area contributed by atoms with Crippen molar-refractivity contribution in [3.63, 3.8) is 0 Å². The Morgan fingerprint density at radius 2 is 1.77 bits per heavy atom. The minimum absolute atomic E-state index is 0.244. The van der Waals surface area contributed by atoms with Gasteiger partial charge in [0, 0.05) is 18.8 Å². The molecule has 2 aromatic carbocycles. The normalized spacial score (nSPS) is 15.3. The first-order chi connectivity index (χ1) is 15.2. The van der Waals surface area contributed by atoms with Gasteiger partial charge in [0.15, 0.2) is 11.5 Å². The number of pyridine rings is 1. The van der Waals surface area contributed by atoms with Gasteiger partial charge >= 0.3 is 0 Å². The third-order valence-electron chi connectivity index (χ3n) is 5.73. The quantitative estimate of drug-likeness (QED) is 0.501. The molecule has 1 unspecified atom stereocenters. The van der Waals surface area contributed by atoms with Crippen LogP contribution in [0, 0.1) is 0 Å². The smallest absolute Gasteiger partial charge is 0.161 e. The van der Waals surface area contributed by atoms with E-state index in [1.54, 1.807) is 13.3 Å². The first-order valence-corrected chi connectivity index (χ1v) is 10.9. The summed E-state index contributed by atoms with van der Waals surface area (Å²) in [4.78, 5) is 4.12. The van der Waals surface area contributed by atoms with Crippen molar-refractivity contribution >= 4 is 12.2 Å². The molecule has 0 bridgehead atoms. The van der Waals surface area contributed by atoms with Crippen molar-refractivity contribution in [3.05, 3.63) is 89.2 Å². The molecule has 1 saturated carbocycles. The highest BCUT2D eigenvalue weighted by atomic mass is 16.5. The Bertz CT molecular complexity index is 993. The van der Waals surface area contributed by atoms with Crippen LogP contribution in [0.2, 0.25) is 0 Å². The molecule has 4 rings (SSSR count). The van der Waals surface area contributed by atoms with Crippen molar-refractivity contribution in [1.29, 1.82) is 0 Å². The predicted octanol–water partition coefficient (Wildman–Crippen LogP) is 5.86. The SMILES string of the molecule is COc1ccc(C(O)Cc2ccc(C=Cc3cccnc3)cc2)cc1OC1CCCC1. The zero-order chi connectivity index (χ0) is 21.5. The number of hydrogen-bond donors (Lipinski definition) is 1. The predicted molar refractivity (Wildman–Crippen MR) is 124 cm³/mol. The average molecular weight is 416 g/mol. The van der Waals surface area contributed by atoms with Crippen LogP contribution in [0.4, 0.5) is 0 Å². The lowest BCUT2D eigenvalue weighted by Crippen LogP contribution is -2.12. The Hall–Kier alpha value is -3.11. The van der Waals surface area contributed by atoms with Gasteiger partial charge in [0.2, 0.25) is 0 Å². The molecule has 0 amide bonds. The topological polar surface area (TPSA) is 51.6 Å². The van der Waals surface area contributed by atoms with E-state index in [1.807, 2.05) is 42.6 Å². The van der Waals surface area contributed by atoms with E-state index in [4.69, 9.17) is 9.47 Å². The fourth-order valence-electron chi connectivity index (χ4n) is 3.95. The molecule has 1 aromatic heterocycles. The summed E-state index contributed by atoms with van der Waals surface area (Å²) in [5.74, 6) is 1.44. The number of methoxy groups -OCH3 is 1. The second-order valence-corrected chi connectivity index (χ2v) is 8.02. The lowest BCUT2D eigenvalue weighted by atomic mass is 10.00. The zero-order valence-electron chi connectivity index (χ0n) is 17.9. The largest absolute Gasteiger partial charge is 0.493 e. The number of benzene rings is 2. The Morgan fingerprint density at radius 3 is 2.48 bits per heavy atom. The minimum atomic E-state index is -0.603. The molecular formula is C27H29NO3. The molecular weight excluding hydrogens is 386 g/mol. The van der Waals surface area contributed by atoms with E-state index in [0.29, 0.717) is 12.2 Å². The first-order valence-electron chi connectivity index (χ1n) is 10.9. The van der Waals surface area contributed by atoms with Crippen LogP contribution in [-0.4, -0.2) is 23.3 Å². The van der Waals surface area contributed by atoms with E-state index in [0.717, 1.165) is 40.8 Å². The summed E-state index contributed by atoms with van der Waals surface area (Å²) >= 11 is 0. The third kappa shape index (κ3) is 5.74. The van der Waals surface area contributed by atoms with E-state index >= 15 is 0 Å². The van der Waals surface area contributed by atoms with Gasteiger partial charge in [0.1, 0.15) is 0 Å². The molecule has 1 aliphatic rings. The van der Waals surface area contributed by atoms with E-state index in [9.17, 15) is 5.11 Å². The Kier molecular flexibility index (Phi) is 7.00. The Labute approximate surface area is 184 Å². The Balaban J connectivity index is 1.41. The molecule has 31 heavy (non-hydrogen) atoms. The molecule has 0 saturated heterocycles. The van der Waals surface area contributed by atoms with Crippen LogP contribution in [0.15, 0.2) is 67.0 Å². The second kappa shape index (κ2) is 10.3. The van der Waals surface area contributed by atoms with Crippen molar-refractivity contribution in [1.82, 2.24) is 4.98 Å². The highest BCUT2D eigenvalue weighted by Crippen LogP contribution is 2.34. The Morgan fingerprint density at radius 1 is 1.00 bits per heavy atom. The fraction of sp³-hybridized carbons (Fsp3) is 0.296. The molecule has 3 aromatic rings. The molecule has 1 atom stereocenters. The fourth-order valence-corrected chi connectivity index (χ4v) is 3.95. The monoisotopic (exact) mass is 415 g/mol. The summed E-state index contributed by atoms with van der Waals surface area (Å²) in [5.41, 5.74) is 4.10. The van der Waals surface area contributed by atoms with Crippen molar-refractivity contribution in [2.75, 3.05) is 7.11 Å². The summed E-state index contributed by atoms with van der Waals surface area (Å²) < 4.78 is 11.6. The molecule has 160 valence electrons. The molecule has 1 fully saturated rings. The highest BCUT2D eigenvalue weighted by Gasteiger charge is 2.20. The summed E-state index contributed by atoms with van der Waals surface area (Å²) in [6.45, 7) is 0. The van der Waals surface area contributed by atoms with Gasteiger partial charge in [-0.2, -0.15) is 0 Å². The van der Waals surface area contributed by atoms with E-state index in [1.165, 1.54) is 12.8 Å². The molecule has 0 spiro atoms. The summed E-state index contributed by atoms with van der Waals surface area (Å²) in [7, 11) is 1.65. The van der Waals surface area contributed by atoms with Gasteiger partial charge in [0.25, 0.3) is 0 Å². The number of hydrogen-bond acceptors (Lipinski definition) is 4. The van der Waals surface area contributed by atoms with Gasteiger partial charge in [-0.25, -0.2) is 0 Å². The maximum absolute atomic E-state index is 10.8. The van der Waals surface area contributed by atoms with Crippen molar-refractivity contribution in [2.24, 2.45) is 0 Å². The average Bonchev–Trinajstić information content (AvgIpc) is 3.32. The van der Waals surface area contributed by atoms with Gasteiger partial charge in [-0.3, -0.25) is 4.98 Å². The van der Waals surface area contributed by atoms with Crippen LogP contribution in [0.5, 0.6) is 11.5 Å². The van der Waals surface area contributed by atoms with Crippen LogP contribution >= 0.6 is 0 Å². The number of nitrogens with zero attached hydrogens (tertiary/aromatic N) is 1. The number of aromatic nitrogens is 1. The number of aliphatic hydroxyl groups excluding tert-OH is 1. The van der Waals surface area contributed by atoms with Gasteiger partial charge < -0.3 is 14.6 Å².